The fourth-order valence-corrected chi connectivity index (χ4v) is 2.56. The smallest absolute Gasteiger partial charge is 0.320 e. The Morgan fingerprint density at radius 2 is 1.85 bits per heavy atom. The maximum atomic E-state index is 11.4. The lowest BCUT2D eigenvalue weighted by Gasteiger charge is -2.34. The van der Waals surface area contributed by atoms with Crippen LogP contribution in [0.2, 0.25) is 5.02 Å². The van der Waals surface area contributed by atoms with Gasteiger partial charge in [0, 0.05) is 37.7 Å². The first-order valence-corrected chi connectivity index (χ1v) is 7.40. The number of halogens is 1. The number of hydrogen-bond acceptors (Lipinski definition) is 4. The van der Waals surface area contributed by atoms with E-state index in [1.165, 1.54) is 0 Å². The lowest BCUT2D eigenvalue weighted by Crippen LogP contribution is -2.47. The molecule has 1 aromatic rings. The average molecular weight is 297 g/mol. The molecule has 5 heteroatoms. The maximum Gasteiger partial charge on any atom is 0.320 e. The van der Waals surface area contributed by atoms with Gasteiger partial charge in [0.05, 0.1) is 13.2 Å². The van der Waals surface area contributed by atoms with Crippen LogP contribution in [0.4, 0.5) is 0 Å². The molecule has 2 rings (SSSR count). The summed E-state index contributed by atoms with van der Waals surface area (Å²) in [6.07, 6.45) is 0. The molecular weight excluding hydrogens is 276 g/mol. The highest BCUT2D eigenvalue weighted by atomic mass is 35.5. The first-order chi connectivity index (χ1) is 9.69. The highest BCUT2D eigenvalue weighted by Crippen LogP contribution is 2.17. The molecular formula is C15H21ClN2O2. The van der Waals surface area contributed by atoms with Crippen molar-refractivity contribution in [1.29, 1.82) is 0 Å². The summed E-state index contributed by atoms with van der Waals surface area (Å²) in [5.41, 5.74) is 1.16. The number of hydrogen-bond donors (Lipinski definition) is 0. The number of carbonyl (C=O) groups is 1. The van der Waals surface area contributed by atoms with Gasteiger partial charge in [0.25, 0.3) is 0 Å². The van der Waals surface area contributed by atoms with Crippen LogP contribution in [0.1, 0.15) is 12.5 Å². The molecule has 0 unspecified atom stereocenters. The second kappa shape index (κ2) is 7.62. The monoisotopic (exact) mass is 296 g/mol. The molecule has 1 saturated heterocycles. The summed E-state index contributed by atoms with van der Waals surface area (Å²) < 4.78 is 4.97. The van der Waals surface area contributed by atoms with Gasteiger partial charge in [-0.05, 0) is 18.6 Å². The summed E-state index contributed by atoms with van der Waals surface area (Å²) in [4.78, 5) is 15.9. The fourth-order valence-electron chi connectivity index (χ4n) is 2.36. The largest absolute Gasteiger partial charge is 0.465 e. The zero-order chi connectivity index (χ0) is 14.4. The van der Waals surface area contributed by atoms with Crippen LogP contribution in [0.15, 0.2) is 24.3 Å². The summed E-state index contributed by atoms with van der Waals surface area (Å²) >= 11 is 6.18. The van der Waals surface area contributed by atoms with Gasteiger partial charge in [-0.3, -0.25) is 14.6 Å². The molecule has 1 fully saturated rings. The van der Waals surface area contributed by atoms with Crippen molar-refractivity contribution in [3.63, 3.8) is 0 Å². The molecule has 0 amide bonds. The Morgan fingerprint density at radius 1 is 1.20 bits per heavy atom. The van der Waals surface area contributed by atoms with Gasteiger partial charge < -0.3 is 4.74 Å². The topological polar surface area (TPSA) is 32.8 Å². The molecule has 0 saturated carbocycles. The molecule has 0 aromatic heterocycles. The van der Waals surface area contributed by atoms with E-state index < -0.39 is 0 Å². The van der Waals surface area contributed by atoms with Crippen LogP contribution < -0.4 is 0 Å². The molecule has 110 valence electrons. The fraction of sp³-hybridized carbons (Fsp3) is 0.533. The molecule has 1 heterocycles. The molecule has 1 aliphatic rings. The zero-order valence-electron chi connectivity index (χ0n) is 11.8. The summed E-state index contributed by atoms with van der Waals surface area (Å²) in [5, 5.41) is 0.821. The molecule has 1 aliphatic heterocycles. The Hall–Kier alpha value is -1.10. The third-order valence-corrected chi connectivity index (χ3v) is 3.84. The number of benzene rings is 1. The third-order valence-electron chi connectivity index (χ3n) is 3.47. The first kappa shape index (κ1) is 15.3. The molecule has 0 radical (unpaired) electrons. The SMILES string of the molecule is CCOC(=O)CN1CCN(Cc2ccccc2Cl)CC1. The molecule has 1 aromatic carbocycles. The van der Waals surface area contributed by atoms with Crippen LogP contribution in [0.25, 0.3) is 0 Å². The Bertz CT molecular complexity index is 445. The van der Waals surface area contributed by atoms with E-state index in [2.05, 4.69) is 15.9 Å². The highest BCUT2D eigenvalue weighted by molar-refractivity contribution is 6.31. The van der Waals surface area contributed by atoms with Gasteiger partial charge >= 0.3 is 5.97 Å². The van der Waals surface area contributed by atoms with Crippen LogP contribution in [0.3, 0.4) is 0 Å². The van der Waals surface area contributed by atoms with Gasteiger partial charge in [0.2, 0.25) is 0 Å². The average Bonchev–Trinajstić information content (AvgIpc) is 2.44. The molecule has 0 aliphatic carbocycles. The minimum Gasteiger partial charge on any atom is -0.465 e. The van der Waals surface area contributed by atoms with E-state index in [9.17, 15) is 4.79 Å². The summed E-state index contributed by atoms with van der Waals surface area (Å²) in [6, 6.07) is 7.95. The Morgan fingerprint density at radius 3 is 2.50 bits per heavy atom. The standard InChI is InChI=1S/C15H21ClN2O2/c1-2-20-15(19)12-18-9-7-17(8-10-18)11-13-5-3-4-6-14(13)16/h3-6H,2,7-12H2,1H3. The Kier molecular flexibility index (Phi) is 5.83. The molecule has 0 bridgehead atoms. The van der Waals surface area contributed by atoms with E-state index >= 15 is 0 Å². The second-order valence-electron chi connectivity index (χ2n) is 4.95. The van der Waals surface area contributed by atoms with E-state index in [-0.39, 0.29) is 5.97 Å². The maximum absolute atomic E-state index is 11.4. The van der Waals surface area contributed by atoms with Crippen molar-refractivity contribution >= 4 is 17.6 Å². The zero-order valence-corrected chi connectivity index (χ0v) is 12.6. The van der Waals surface area contributed by atoms with E-state index in [1.54, 1.807) is 0 Å². The van der Waals surface area contributed by atoms with Gasteiger partial charge in [-0.2, -0.15) is 0 Å². The van der Waals surface area contributed by atoms with Crippen LogP contribution >= 0.6 is 11.6 Å². The van der Waals surface area contributed by atoms with Crippen LogP contribution in [-0.4, -0.2) is 55.1 Å². The van der Waals surface area contributed by atoms with Crippen LogP contribution in [-0.2, 0) is 16.1 Å². The number of esters is 1. The lowest BCUT2D eigenvalue weighted by atomic mass is 10.2. The Balaban J connectivity index is 1.77. The number of piperazine rings is 1. The number of nitrogens with zero attached hydrogens (tertiary/aromatic N) is 2. The van der Waals surface area contributed by atoms with Crippen molar-refractivity contribution in [1.82, 2.24) is 9.80 Å². The van der Waals surface area contributed by atoms with Crippen molar-refractivity contribution in [2.45, 2.75) is 13.5 Å². The van der Waals surface area contributed by atoms with E-state index in [4.69, 9.17) is 16.3 Å². The van der Waals surface area contributed by atoms with Crippen molar-refractivity contribution in [2.24, 2.45) is 0 Å². The van der Waals surface area contributed by atoms with Gasteiger partial charge in [-0.15, -0.1) is 0 Å². The third kappa shape index (κ3) is 4.47. The number of ether oxygens (including phenoxy) is 1. The minimum absolute atomic E-state index is 0.132. The number of carbonyl (C=O) groups excluding carboxylic acids is 1. The highest BCUT2D eigenvalue weighted by Gasteiger charge is 2.19. The number of rotatable bonds is 5. The minimum atomic E-state index is -0.132. The normalized spacial score (nSPS) is 17.1. The van der Waals surface area contributed by atoms with Gasteiger partial charge in [0.15, 0.2) is 0 Å². The quantitative estimate of drug-likeness (QED) is 0.778. The summed E-state index contributed by atoms with van der Waals surface area (Å²) in [7, 11) is 0. The summed E-state index contributed by atoms with van der Waals surface area (Å²) in [5.74, 6) is -0.132. The van der Waals surface area contributed by atoms with E-state index in [0.29, 0.717) is 13.2 Å². The van der Waals surface area contributed by atoms with Crippen LogP contribution in [0, 0.1) is 0 Å². The first-order valence-electron chi connectivity index (χ1n) is 7.02. The molecule has 4 nitrogen and oxygen atoms in total. The van der Waals surface area contributed by atoms with Crippen molar-refractivity contribution in [3.8, 4) is 0 Å². The van der Waals surface area contributed by atoms with Gasteiger partial charge in [-0.25, -0.2) is 0 Å². The van der Waals surface area contributed by atoms with Crippen molar-refractivity contribution < 1.29 is 9.53 Å². The Labute approximate surface area is 125 Å². The van der Waals surface area contributed by atoms with Crippen molar-refractivity contribution in [3.05, 3.63) is 34.9 Å². The lowest BCUT2D eigenvalue weighted by molar-refractivity contribution is -0.144. The van der Waals surface area contributed by atoms with Gasteiger partial charge in [-0.1, -0.05) is 29.8 Å². The van der Waals surface area contributed by atoms with E-state index in [0.717, 1.165) is 43.3 Å². The van der Waals surface area contributed by atoms with E-state index in [1.807, 2.05) is 25.1 Å². The van der Waals surface area contributed by atoms with Gasteiger partial charge in [0.1, 0.15) is 0 Å². The van der Waals surface area contributed by atoms with Crippen molar-refractivity contribution in [2.75, 3.05) is 39.3 Å². The molecule has 0 N–H and O–H groups in total. The second-order valence-corrected chi connectivity index (χ2v) is 5.36. The predicted molar refractivity (Wildman–Crippen MR) is 79.8 cm³/mol. The summed E-state index contributed by atoms with van der Waals surface area (Å²) in [6.45, 7) is 7.23. The molecule has 0 spiro atoms. The van der Waals surface area contributed by atoms with Crippen LogP contribution in [0.5, 0.6) is 0 Å². The predicted octanol–water partition coefficient (Wildman–Crippen LogP) is 2.02. The molecule has 0 atom stereocenters. The molecule has 20 heavy (non-hydrogen) atoms.